The molecule has 1 atom stereocenters. The van der Waals surface area contributed by atoms with Gasteiger partial charge < -0.3 is 5.32 Å². The minimum absolute atomic E-state index is 0.468. The quantitative estimate of drug-likeness (QED) is 0.819. The molecule has 2 heteroatoms. The van der Waals surface area contributed by atoms with Crippen molar-refractivity contribution in [1.82, 2.24) is 5.32 Å². The normalized spacial score (nSPS) is 19.9. The third-order valence-corrected chi connectivity index (χ3v) is 4.69. The van der Waals surface area contributed by atoms with E-state index in [1.54, 1.807) is 0 Å². The predicted octanol–water partition coefficient (Wildman–Crippen LogP) is 3.23. The SMILES string of the molecule is CSC1(CNC(C)c2ccccc2)CC1. The van der Waals surface area contributed by atoms with E-state index in [9.17, 15) is 0 Å². The van der Waals surface area contributed by atoms with Gasteiger partial charge >= 0.3 is 0 Å². The minimum Gasteiger partial charge on any atom is -0.309 e. The zero-order valence-corrected chi connectivity index (χ0v) is 10.3. The molecule has 0 aliphatic heterocycles. The average Bonchev–Trinajstić information content (AvgIpc) is 3.08. The van der Waals surface area contributed by atoms with Crippen molar-refractivity contribution >= 4 is 11.8 Å². The first-order valence-corrected chi connectivity index (χ1v) is 6.82. The molecule has 1 saturated carbocycles. The van der Waals surface area contributed by atoms with E-state index < -0.39 is 0 Å². The summed E-state index contributed by atoms with van der Waals surface area (Å²) in [5, 5.41) is 3.63. The molecule has 0 radical (unpaired) electrons. The molecule has 0 amide bonds. The molecule has 82 valence electrons. The number of rotatable bonds is 5. The molecule has 0 heterocycles. The van der Waals surface area contributed by atoms with Crippen LogP contribution >= 0.6 is 11.8 Å². The fourth-order valence-corrected chi connectivity index (χ4v) is 2.53. The van der Waals surface area contributed by atoms with Gasteiger partial charge in [-0.1, -0.05) is 30.3 Å². The van der Waals surface area contributed by atoms with Gasteiger partial charge in [0.25, 0.3) is 0 Å². The number of thioether (sulfide) groups is 1. The smallest absolute Gasteiger partial charge is 0.0292 e. The highest BCUT2D eigenvalue weighted by Gasteiger charge is 2.41. The number of benzene rings is 1. The summed E-state index contributed by atoms with van der Waals surface area (Å²) in [6.45, 7) is 3.38. The first-order valence-electron chi connectivity index (χ1n) is 5.59. The van der Waals surface area contributed by atoms with E-state index in [1.165, 1.54) is 18.4 Å². The third kappa shape index (κ3) is 2.76. The van der Waals surface area contributed by atoms with E-state index in [1.807, 2.05) is 11.8 Å². The molecule has 1 unspecified atom stereocenters. The second kappa shape index (κ2) is 4.58. The topological polar surface area (TPSA) is 12.0 Å². The molecule has 15 heavy (non-hydrogen) atoms. The predicted molar refractivity (Wildman–Crippen MR) is 68.3 cm³/mol. The molecular formula is C13H19NS. The van der Waals surface area contributed by atoms with Crippen LogP contribution in [0.1, 0.15) is 31.4 Å². The van der Waals surface area contributed by atoms with Gasteiger partial charge in [-0.05, 0) is 31.6 Å². The van der Waals surface area contributed by atoms with Gasteiger partial charge in [-0.15, -0.1) is 0 Å². The van der Waals surface area contributed by atoms with Crippen molar-refractivity contribution in [3.8, 4) is 0 Å². The molecule has 1 nitrogen and oxygen atoms in total. The van der Waals surface area contributed by atoms with Gasteiger partial charge in [-0.3, -0.25) is 0 Å². The number of hydrogen-bond donors (Lipinski definition) is 1. The molecule has 0 aromatic heterocycles. The standard InChI is InChI=1S/C13H19NS/c1-11(12-6-4-3-5-7-12)14-10-13(15-2)8-9-13/h3-7,11,14H,8-10H2,1-2H3. The summed E-state index contributed by atoms with van der Waals surface area (Å²) < 4.78 is 0.559. The zero-order chi connectivity index (χ0) is 10.7. The fraction of sp³-hybridized carbons (Fsp3) is 0.538. The zero-order valence-electron chi connectivity index (χ0n) is 9.49. The van der Waals surface area contributed by atoms with Crippen LogP contribution in [0.5, 0.6) is 0 Å². The Balaban J connectivity index is 1.85. The maximum absolute atomic E-state index is 3.63. The van der Waals surface area contributed by atoms with Gasteiger partial charge in [0.15, 0.2) is 0 Å². The molecule has 1 aliphatic carbocycles. The van der Waals surface area contributed by atoms with Crippen molar-refractivity contribution in [2.75, 3.05) is 12.8 Å². The van der Waals surface area contributed by atoms with Crippen molar-refractivity contribution in [2.45, 2.75) is 30.6 Å². The molecule has 1 fully saturated rings. The summed E-state index contributed by atoms with van der Waals surface area (Å²) in [7, 11) is 0. The Kier molecular flexibility index (Phi) is 3.37. The van der Waals surface area contributed by atoms with Crippen LogP contribution in [0.4, 0.5) is 0 Å². The van der Waals surface area contributed by atoms with Crippen molar-refractivity contribution in [3.05, 3.63) is 35.9 Å². The van der Waals surface area contributed by atoms with Crippen LogP contribution in [0, 0.1) is 0 Å². The lowest BCUT2D eigenvalue weighted by molar-refractivity contribution is 0.563. The lowest BCUT2D eigenvalue weighted by Crippen LogP contribution is -2.28. The second-order valence-electron chi connectivity index (χ2n) is 4.40. The van der Waals surface area contributed by atoms with Crippen LogP contribution in [0.2, 0.25) is 0 Å². The van der Waals surface area contributed by atoms with Gasteiger partial charge in [-0.25, -0.2) is 0 Å². The van der Waals surface area contributed by atoms with E-state index in [0.717, 1.165) is 6.54 Å². The molecule has 1 aromatic rings. The Labute approximate surface area is 96.7 Å². The van der Waals surface area contributed by atoms with Gasteiger partial charge in [0.1, 0.15) is 0 Å². The Hall–Kier alpha value is -0.470. The van der Waals surface area contributed by atoms with E-state index in [-0.39, 0.29) is 0 Å². The highest BCUT2D eigenvalue weighted by molar-refractivity contribution is 8.00. The van der Waals surface area contributed by atoms with Gasteiger partial charge in [0.05, 0.1) is 0 Å². The Morgan fingerprint density at radius 1 is 1.33 bits per heavy atom. The summed E-state index contributed by atoms with van der Waals surface area (Å²) in [6, 6.07) is 11.1. The van der Waals surface area contributed by atoms with E-state index >= 15 is 0 Å². The molecule has 1 aromatic carbocycles. The maximum atomic E-state index is 3.63. The first-order chi connectivity index (χ1) is 7.26. The average molecular weight is 221 g/mol. The molecule has 0 saturated heterocycles. The summed E-state index contributed by atoms with van der Waals surface area (Å²) in [5.41, 5.74) is 1.38. The summed E-state index contributed by atoms with van der Waals surface area (Å²) in [4.78, 5) is 0. The number of hydrogen-bond acceptors (Lipinski definition) is 2. The highest BCUT2D eigenvalue weighted by atomic mass is 32.2. The van der Waals surface area contributed by atoms with E-state index in [2.05, 4.69) is 48.8 Å². The van der Waals surface area contributed by atoms with Gasteiger partial charge in [-0.2, -0.15) is 11.8 Å². The van der Waals surface area contributed by atoms with Crippen LogP contribution in [-0.4, -0.2) is 17.5 Å². The molecular weight excluding hydrogens is 202 g/mol. The Morgan fingerprint density at radius 2 is 2.00 bits per heavy atom. The van der Waals surface area contributed by atoms with Crippen molar-refractivity contribution in [1.29, 1.82) is 0 Å². The molecule has 1 aliphatic rings. The minimum atomic E-state index is 0.468. The van der Waals surface area contributed by atoms with Crippen LogP contribution in [0.15, 0.2) is 30.3 Å². The lowest BCUT2D eigenvalue weighted by Gasteiger charge is -2.18. The molecule has 2 rings (SSSR count). The van der Waals surface area contributed by atoms with Crippen molar-refractivity contribution < 1.29 is 0 Å². The van der Waals surface area contributed by atoms with E-state index in [4.69, 9.17) is 0 Å². The van der Waals surface area contributed by atoms with Crippen LogP contribution in [0.25, 0.3) is 0 Å². The first kappa shape index (κ1) is 11.0. The lowest BCUT2D eigenvalue weighted by atomic mass is 10.1. The number of nitrogens with one attached hydrogen (secondary N) is 1. The summed E-state index contributed by atoms with van der Waals surface area (Å²) >= 11 is 2.01. The summed E-state index contributed by atoms with van der Waals surface area (Å²) in [5.74, 6) is 0. The molecule has 0 bridgehead atoms. The third-order valence-electron chi connectivity index (χ3n) is 3.27. The summed E-state index contributed by atoms with van der Waals surface area (Å²) in [6.07, 6.45) is 4.98. The van der Waals surface area contributed by atoms with E-state index in [0.29, 0.717) is 10.8 Å². The van der Waals surface area contributed by atoms with Crippen LogP contribution < -0.4 is 5.32 Å². The molecule has 1 N–H and O–H groups in total. The molecule has 0 spiro atoms. The van der Waals surface area contributed by atoms with Crippen LogP contribution in [0.3, 0.4) is 0 Å². The second-order valence-corrected chi connectivity index (χ2v) is 5.67. The van der Waals surface area contributed by atoms with Gasteiger partial charge in [0.2, 0.25) is 0 Å². The monoisotopic (exact) mass is 221 g/mol. The van der Waals surface area contributed by atoms with Crippen molar-refractivity contribution in [3.63, 3.8) is 0 Å². The highest BCUT2D eigenvalue weighted by Crippen LogP contribution is 2.46. The maximum Gasteiger partial charge on any atom is 0.0292 e. The largest absolute Gasteiger partial charge is 0.309 e. The van der Waals surface area contributed by atoms with Gasteiger partial charge in [0, 0.05) is 17.3 Å². The van der Waals surface area contributed by atoms with Crippen LogP contribution in [-0.2, 0) is 0 Å². The fourth-order valence-electron chi connectivity index (χ4n) is 1.79. The van der Waals surface area contributed by atoms with Crippen molar-refractivity contribution in [2.24, 2.45) is 0 Å². The Bertz CT molecular complexity index is 306. The Morgan fingerprint density at radius 3 is 2.53 bits per heavy atom.